The number of hydroxylamine groups is 2. The smallest absolute Gasteiger partial charge is 0.422 e. The van der Waals surface area contributed by atoms with Crippen LogP contribution in [0.1, 0.15) is 28.7 Å². The van der Waals surface area contributed by atoms with Gasteiger partial charge in [0.05, 0.1) is 13.2 Å². The molecule has 1 amide bonds. The van der Waals surface area contributed by atoms with Crippen molar-refractivity contribution < 1.29 is 56.4 Å². The van der Waals surface area contributed by atoms with E-state index in [4.69, 9.17) is 19.0 Å². The van der Waals surface area contributed by atoms with Gasteiger partial charge in [-0.2, -0.15) is 18.2 Å². The monoisotopic (exact) mass is 694 g/mol. The molecular weight excluding hydrogens is 661 g/mol. The third kappa shape index (κ3) is 6.07. The number of carbonyl (C=O) groups excluding carboxylic acids is 3. The van der Waals surface area contributed by atoms with Gasteiger partial charge in [0.15, 0.2) is 12.6 Å². The number of aliphatic hydroxyl groups is 1. The molecule has 3 heterocycles. The zero-order chi connectivity index (χ0) is 35.1. The molecule has 3 aliphatic heterocycles. The van der Waals surface area contributed by atoms with E-state index in [1.165, 1.54) is 11.1 Å². The second-order valence-corrected chi connectivity index (χ2v) is 12.5. The molecule has 3 saturated heterocycles. The van der Waals surface area contributed by atoms with Gasteiger partial charge in [0, 0.05) is 30.2 Å². The number of amides is 1. The summed E-state index contributed by atoms with van der Waals surface area (Å²) in [5.74, 6) is -3.70. The summed E-state index contributed by atoms with van der Waals surface area (Å²) in [4.78, 5) is 46.2. The average Bonchev–Trinajstić information content (AvgIpc) is 3.69. The number of halogens is 3. The second kappa shape index (κ2) is 13.3. The molecule has 0 aromatic heterocycles. The van der Waals surface area contributed by atoms with Gasteiger partial charge in [-0.1, -0.05) is 84.9 Å². The van der Waals surface area contributed by atoms with Crippen molar-refractivity contribution in [1.29, 1.82) is 0 Å². The lowest BCUT2D eigenvalue weighted by Gasteiger charge is -2.48. The van der Waals surface area contributed by atoms with Crippen molar-refractivity contribution in [3.63, 3.8) is 0 Å². The summed E-state index contributed by atoms with van der Waals surface area (Å²) < 4.78 is 60.9. The predicted octanol–water partition coefficient (Wildman–Crippen LogP) is 3.40. The van der Waals surface area contributed by atoms with Crippen molar-refractivity contribution in [1.82, 2.24) is 10.4 Å². The van der Waals surface area contributed by atoms with Gasteiger partial charge >= 0.3 is 18.1 Å². The molecule has 0 radical (unpaired) electrons. The Morgan fingerprint density at radius 1 is 0.960 bits per heavy atom. The summed E-state index contributed by atoms with van der Waals surface area (Å²) in [7, 11) is 0. The summed E-state index contributed by atoms with van der Waals surface area (Å²) in [6.45, 7) is -2.00. The molecule has 2 N–H and O–H groups in total. The van der Waals surface area contributed by atoms with Crippen LogP contribution in [0.3, 0.4) is 0 Å². The molecule has 0 spiro atoms. The maximum atomic E-state index is 14.1. The Balaban J connectivity index is 1.19. The minimum absolute atomic E-state index is 0.0361. The molecule has 1 saturated carbocycles. The Morgan fingerprint density at radius 3 is 2.22 bits per heavy atom. The molecule has 7 rings (SSSR count). The van der Waals surface area contributed by atoms with Crippen LogP contribution < -0.4 is 5.32 Å². The van der Waals surface area contributed by atoms with Crippen molar-refractivity contribution in [2.45, 2.75) is 55.4 Å². The number of aliphatic hydroxyl groups excluding tert-OH is 1. The molecule has 6 atom stereocenters. The van der Waals surface area contributed by atoms with Gasteiger partial charge in [0.2, 0.25) is 11.7 Å². The number of fused-ring (bicyclic) bond motifs is 4. The van der Waals surface area contributed by atoms with Crippen LogP contribution in [-0.4, -0.2) is 84.4 Å². The van der Waals surface area contributed by atoms with Crippen LogP contribution in [-0.2, 0) is 50.5 Å². The molecule has 6 unspecified atom stereocenters. The van der Waals surface area contributed by atoms with Crippen LogP contribution in [0.2, 0.25) is 0 Å². The minimum Gasteiger partial charge on any atom is -0.458 e. The van der Waals surface area contributed by atoms with Crippen molar-refractivity contribution in [3.05, 3.63) is 113 Å². The Bertz CT molecular complexity index is 1720. The molecular formula is C36H33F3N2O9. The number of rotatable bonds is 10. The fraction of sp³-hybridized carbons (Fsp3) is 0.361. The van der Waals surface area contributed by atoms with E-state index in [9.17, 15) is 32.7 Å². The van der Waals surface area contributed by atoms with Gasteiger partial charge < -0.3 is 29.4 Å². The largest absolute Gasteiger partial charge is 0.458 e. The second-order valence-electron chi connectivity index (χ2n) is 12.5. The first-order valence-corrected chi connectivity index (χ1v) is 16.0. The van der Waals surface area contributed by atoms with E-state index in [2.05, 4.69) is 10.1 Å². The van der Waals surface area contributed by atoms with Crippen LogP contribution in [0.4, 0.5) is 13.2 Å². The van der Waals surface area contributed by atoms with E-state index in [1.807, 2.05) is 60.7 Å². The van der Waals surface area contributed by atoms with Crippen LogP contribution in [0.5, 0.6) is 0 Å². The van der Waals surface area contributed by atoms with E-state index in [-0.39, 0.29) is 26.1 Å². The summed E-state index contributed by atoms with van der Waals surface area (Å²) in [6.07, 6.45) is -5.83. The predicted molar refractivity (Wildman–Crippen MR) is 167 cm³/mol. The number of esters is 2. The molecule has 262 valence electrons. The first-order valence-electron chi connectivity index (χ1n) is 16.0. The fourth-order valence-electron chi connectivity index (χ4n) is 7.30. The molecule has 4 fully saturated rings. The summed E-state index contributed by atoms with van der Waals surface area (Å²) in [5, 5.41) is 13.7. The Morgan fingerprint density at radius 2 is 1.60 bits per heavy atom. The van der Waals surface area contributed by atoms with E-state index in [1.54, 1.807) is 24.3 Å². The van der Waals surface area contributed by atoms with Gasteiger partial charge in [-0.3, -0.25) is 14.4 Å². The van der Waals surface area contributed by atoms with Crippen molar-refractivity contribution in [3.8, 4) is 0 Å². The zero-order valence-electron chi connectivity index (χ0n) is 26.5. The molecule has 50 heavy (non-hydrogen) atoms. The van der Waals surface area contributed by atoms with Gasteiger partial charge in [-0.25, -0.2) is 4.79 Å². The van der Waals surface area contributed by atoms with Crippen LogP contribution in [0, 0.1) is 5.41 Å². The lowest BCUT2D eigenvalue weighted by atomic mass is 9.62. The highest BCUT2D eigenvalue weighted by Crippen LogP contribution is 2.59. The number of carbonyl (C=O) groups is 3. The van der Waals surface area contributed by atoms with Crippen LogP contribution in [0.25, 0.3) is 6.08 Å². The van der Waals surface area contributed by atoms with E-state index in [0.29, 0.717) is 22.3 Å². The fourth-order valence-corrected chi connectivity index (χ4v) is 7.30. The number of ether oxygens (including phenoxy) is 4. The Kier molecular flexibility index (Phi) is 8.99. The topological polar surface area (TPSA) is 133 Å². The van der Waals surface area contributed by atoms with E-state index < -0.39 is 72.3 Å². The standard InChI is InChI=1S/C36H33F3N2O9/c37-35(38,39)21-46-27(43)16-15-22-11-13-23(14-12-22)20-41-30-32(44)47-26-19-34(30,33(45)40-17-18-42)31(50-41)29-28(26)48-36(49-29,24-7-3-1-4-8-24)25-9-5-2-6-10-25/h1-16,26,28-31,42H,17-21H2,(H,40,45). The summed E-state index contributed by atoms with van der Waals surface area (Å²) in [6, 6.07) is 24.2. The van der Waals surface area contributed by atoms with Crippen molar-refractivity contribution in [2.75, 3.05) is 19.8 Å². The average molecular weight is 695 g/mol. The molecule has 3 aromatic carbocycles. The third-order valence-electron chi connectivity index (χ3n) is 9.39. The Hall–Kier alpha value is -4.60. The number of nitrogens with zero attached hydrogens (tertiary/aromatic N) is 1. The van der Waals surface area contributed by atoms with Crippen LogP contribution in [0.15, 0.2) is 91.0 Å². The summed E-state index contributed by atoms with van der Waals surface area (Å²) >= 11 is 0. The number of benzene rings is 3. The first-order chi connectivity index (χ1) is 24.0. The van der Waals surface area contributed by atoms with Gasteiger partial charge in [-0.05, 0) is 17.2 Å². The van der Waals surface area contributed by atoms with E-state index in [0.717, 1.165) is 6.08 Å². The SMILES string of the molecule is O=C(C=Cc1ccc(CN2OC3C4OC(c5ccccc5)(c5ccccc5)OC4C4CC3(C(=O)NCCO)C2C(=O)O4)cc1)OCC(F)(F)F. The highest BCUT2D eigenvalue weighted by atomic mass is 19.4. The minimum atomic E-state index is -4.63. The molecule has 3 aromatic rings. The number of hydrogen-bond donors (Lipinski definition) is 2. The van der Waals surface area contributed by atoms with Crippen molar-refractivity contribution in [2.24, 2.45) is 5.41 Å². The number of hydrogen-bond acceptors (Lipinski definition) is 10. The highest BCUT2D eigenvalue weighted by molar-refractivity contribution is 5.93. The van der Waals surface area contributed by atoms with Gasteiger partial charge in [0.1, 0.15) is 29.8 Å². The lowest BCUT2D eigenvalue weighted by Crippen LogP contribution is -2.69. The van der Waals surface area contributed by atoms with Gasteiger partial charge in [-0.15, -0.1) is 0 Å². The summed E-state index contributed by atoms with van der Waals surface area (Å²) in [5.41, 5.74) is 1.11. The maximum Gasteiger partial charge on any atom is 0.422 e. The van der Waals surface area contributed by atoms with Crippen molar-refractivity contribution >= 4 is 23.9 Å². The molecule has 14 heteroatoms. The molecule has 1 aliphatic carbocycles. The third-order valence-corrected chi connectivity index (χ3v) is 9.39. The maximum absolute atomic E-state index is 14.1. The zero-order valence-corrected chi connectivity index (χ0v) is 26.5. The lowest BCUT2D eigenvalue weighted by molar-refractivity contribution is -0.213. The van der Waals surface area contributed by atoms with Crippen LogP contribution >= 0.6 is 0 Å². The number of alkyl halides is 3. The first kappa shape index (κ1) is 33.9. The molecule has 2 bridgehead atoms. The number of nitrogens with one attached hydrogen (secondary N) is 1. The van der Waals surface area contributed by atoms with E-state index >= 15 is 0 Å². The molecule has 11 nitrogen and oxygen atoms in total. The molecule has 4 aliphatic rings. The quantitative estimate of drug-likeness (QED) is 0.241. The van der Waals surface area contributed by atoms with Gasteiger partial charge in [0.25, 0.3) is 0 Å². The Labute approximate surface area is 284 Å². The normalized spacial score (nSPS) is 28.2. The highest BCUT2D eigenvalue weighted by Gasteiger charge is 2.76.